The number of rotatable bonds is 11. The Morgan fingerprint density at radius 1 is 1.03 bits per heavy atom. The van der Waals surface area contributed by atoms with Crippen LogP contribution in [0, 0.1) is 0 Å². The lowest BCUT2D eigenvalue weighted by molar-refractivity contribution is -0.138. The maximum atomic E-state index is 12.4. The van der Waals surface area contributed by atoms with Gasteiger partial charge in [-0.2, -0.15) is 0 Å². The van der Waals surface area contributed by atoms with E-state index in [1.807, 2.05) is 24.3 Å². The molecule has 0 bridgehead atoms. The average molecular weight is 469 g/mol. The minimum Gasteiger partial charge on any atom is -0.481 e. The monoisotopic (exact) mass is 468 g/mol. The summed E-state index contributed by atoms with van der Waals surface area (Å²) in [5.41, 5.74) is 3.92. The molecule has 0 radical (unpaired) electrons. The van der Waals surface area contributed by atoms with Crippen LogP contribution in [0.15, 0.2) is 48.5 Å². The molecule has 0 saturated carbocycles. The Balaban J connectivity index is 1.48. The number of aliphatic carboxylic acids is 1. The third-order valence-corrected chi connectivity index (χ3v) is 6.01. The van der Waals surface area contributed by atoms with Crippen molar-refractivity contribution in [2.24, 2.45) is 0 Å². The van der Waals surface area contributed by atoms with E-state index in [0.717, 1.165) is 22.3 Å². The summed E-state index contributed by atoms with van der Waals surface area (Å²) in [6, 6.07) is 16.2. The number of carboxylic acid groups (broad SMARTS) is 1. The number of nitrogens with one attached hydrogen (secondary N) is 2. The minimum atomic E-state index is -0.913. The van der Waals surface area contributed by atoms with Gasteiger partial charge >= 0.3 is 12.1 Å². The van der Waals surface area contributed by atoms with Gasteiger partial charge in [0.25, 0.3) is 0 Å². The van der Waals surface area contributed by atoms with Crippen molar-refractivity contribution in [1.82, 2.24) is 10.6 Å². The van der Waals surface area contributed by atoms with Crippen LogP contribution in [0.1, 0.15) is 50.2 Å². The van der Waals surface area contributed by atoms with Gasteiger partial charge in [0.1, 0.15) is 6.61 Å². The van der Waals surface area contributed by atoms with E-state index in [0.29, 0.717) is 6.42 Å². The van der Waals surface area contributed by atoms with Crippen molar-refractivity contribution < 1.29 is 29.0 Å². The quantitative estimate of drug-likeness (QED) is 0.464. The van der Waals surface area contributed by atoms with Gasteiger partial charge in [-0.1, -0.05) is 48.5 Å². The van der Waals surface area contributed by atoms with Crippen molar-refractivity contribution in [3.05, 3.63) is 59.7 Å². The first-order chi connectivity index (χ1) is 16.2. The van der Waals surface area contributed by atoms with Gasteiger partial charge in [-0.3, -0.25) is 9.59 Å². The molecule has 0 aromatic heterocycles. The molecule has 1 unspecified atom stereocenters. The number of carbonyl (C=O) groups excluding carboxylic acids is 2. The Labute approximate surface area is 199 Å². The fourth-order valence-electron chi connectivity index (χ4n) is 4.20. The molecule has 8 heteroatoms. The van der Waals surface area contributed by atoms with Gasteiger partial charge in [0.15, 0.2) is 0 Å². The summed E-state index contributed by atoms with van der Waals surface area (Å²) in [5.74, 6) is -1.23. The van der Waals surface area contributed by atoms with E-state index in [1.165, 1.54) is 7.11 Å². The second-order valence-electron chi connectivity index (χ2n) is 9.09. The third kappa shape index (κ3) is 6.57. The molecule has 34 heavy (non-hydrogen) atoms. The third-order valence-electron chi connectivity index (χ3n) is 6.01. The lowest BCUT2D eigenvalue weighted by atomic mass is 9.98. The summed E-state index contributed by atoms with van der Waals surface area (Å²) in [6.45, 7) is 3.85. The number of alkyl carbamates (subject to hydrolysis) is 1. The highest BCUT2D eigenvalue weighted by molar-refractivity contribution is 5.79. The van der Waals surface area contributed by atoms with Crippen LogP contribution in [0.4, 0.5) is 4.79 Å². The van der Waals surface area contributed by atoms with Crippen LogP contribution in [-0.4, -0.2) is 55.0 Å². The molecule has 2 aromatic carbocycles. The maximum absolute atomic E-state index is 12.4. The first-order valence-corrected chi connectivity index (χ1v) is 11.3. The van der Waals surface area contributed by atoms with Crippen molar-refractivity contribution in [3.63, 3.8) is 0 Å². The summed E-state index contributed by atoms with van der Waals surface area (Å²) in [5, 5.41) is 14.3. The maximum Gasteiger partial charge on any atom is 0.407 e. The van der Waals surface area contributed by atoms with Gasteiger partial charge in [0.2, 0.25) is 5.91 Å². The highest BCUT2D eigenvalue weighted by Crippen LogP contribution is 2.44. The van der Waals surface area contributed by atoms with Gasteiger partial charge in [-0.15, -0.1) is 0 Å². The van der Waals surface area contributed by atoms with Crippen molar-refractivity contribution in [1.29, 1.82) is 0 Å². The largest absolute Gasteiger partial charge is 0.481 e. The minimum absolute atomic E-state index is 0.0245. The van der Waals surface area contributed by atoms with E-state index in [2.05, 4.69) is 34.9 Å². The highest BCUT2D eigenvalue weighted by atomic mass is 16.5. The number of carboxylic acids is 1. The first-order valence-electron chi connectivity index (χ1n) is 11.3. The van der Waals surface area contributed by atoms with Crippen molar-refractivity contribution >= 4 is 18.0 Å². The molecule has 0 heterocycles. The van der Waals surface area contributed by atoms with Crippen LogP contribution in [0.25, 0.3) is 11.1 Å². The second-order valence-corrected chi connectivity index (χ2v) is 9.09. The van der Waals surface area contributed by atoms with E-state index in [1.54, 1.807) is 13.8 Å². The highest BCUT2D eigenvalue weighted by Gasteiger charge is 2.29. The molecule has 0 fully saturated rings. The molecule has 0 aliphatic heterocycles. The molecule has 1 aliphatic rings. The summed E-state index contributed by atoms with van der Waals surface area (Å²) < 4.78 is 10.8. The predicted molar refractivity (Wildman–Crippen MR) is 128 cm³/mol. The number of hydrogen-bond donors (Lipinski definition) is 3. The SMILES string of the molecule is COC(CNC(=O)OCC1c2ccccc2-c2ccccc21)CC(=O)NC(C)(C)CCC(=O)O. The van der Waals surface area contributed by atoms with E-state index in [4.69, 9.17) is 14.6 Å². The van der Waals surface area contributed by atoms with Crippen molar-refractivity contribution in [3.8, 4) is 11.1 Å². The number of benzene rings is 2. The van der Waals surface area contributed by atoms with Gasteiger partial charge in [0.05, 0.1) is 12.5 Å². The Morgan fingerprint density at radius 2 is 1.62 bits per heavy atom. The Bertz CT molecular complexity index is 990. The number of amides is 2. The fraction of sp³-hybridized carbons (Fsp3) is 0.423. The number of ether oxygens (including phenoxy) is 2. The Morgan fingerprint density at radius 3 is 2.18 bits per heavy atom. The van der Waals surface area contributed by atoms with E-state index in [-0.39, 0.29) is 37.8 Å². The zero-order valence-corrected chi connectivity index (χ0v) is 19.8. The van der Waals surface area contributed by atoms with E-state index >= 15 is 0 Å². The van der Waals surface area contributed by atoms with Gasteiger partial charge in [0, 0.05) is 31.5 Å². The van der Waals surface area contributed by atoms with Crippen molar-refractivity contribution in [2.45, 2.75) is 50.7 Å². The predicted octanol–water partition coefficient (Wildman–Crippen LogP) is 3.69. The molecule has 0 spiro atoms. The molecule has 2 amide bonds. The molecule has 0 saturated heterocycles. The van der Waals surface area contributed by atoms with Crippen LogP contribution in [0.2, 0.25) is 0 Å². The van der Waals surface area contributed by atoms with Crippen LogP contribution in [-0.2, 0) is 19.1 Å². The molecular weight excluding hydrogens is 436 g/mol. The molecule has 8 nitrogen and oxygen atoms in total. The first kappa shape index (κ1) is 25.2. The van der Waals surface area contributed by atoms with Gasteiger partial charge < -0.3 is 25.2 Å². The molecule has 2 aromatic rings. The zero-order valence-electron chi connectivity index (χ0n) is 19.8. The summed E-state index contributed by atoms with van der Waals surface area (Å²) in [6.07, 6.45) is -0.827. The lowest BCUT2D eigenvalue weighted by Crippen LogP contribution is -2.46. The second kappa shape index (κ2) is 11.2. The summed E-state index contributed by atoms with van der Waals surface area (Å²) in [4.78, 5) is 35.5. The number of hydrogen-bond acceptors (Lipinski definition) is 5. The molecule has 182 valence electrons. The van der Waals surface area contributed by atoms with Crippen LogP contribution < -0.4 is 10.6 Å². The Kier molecular flexibility index (Phi) is 8.28. The summed E-state index contributed by atoms with van der Waals surface area (Å²) in [7, 11) is 1.47. The molecule has 3 rings (SSSR count). The van der Waals surface area contributed by atoms with E-state index in [9.17, 15) is 14.4 Å². The number of methoxy groups -OCH3 is 1. The standard InChI is InChI=1S/C26H32N2O6/c1-26(2,13-12-24(30)31)28-23(29)14-17(33-3)15-27-25(32)34-16-22-20-10-6-4-8-18(20)19-9-5-7-11-21(19)22/h4-11,17,22H,12-16H2,1-3H3,(H,27,32)(H,28,29)(H,30,31). The molecule has 1 atom stereocenters. The van der Waals surface area contributed by atoms with Crippen LogP contribution >= 0.6 is 0 Å². The lowest BCUT2D eigenvalue weighted by Gasteiger charge is -2.26. The molecular formula is C26H32N2O6. The number of fused-ring (bicyclic) bond motifs is 3. The van der Waals surface area contributed by atoms with Crippen LogP contribution in [0.5, 0.6) is 0 Å². The molecule has 3 N–H and O–H groups in total. The van der Waals surface area contributed by atoms with Gasteiger partial charge in [-0.25, -0.2) is 4.79 Å². The smallest absolute Gasteiger partial charge is 0.407 e. The van der Waals surface area contributed by atoms with E-state index < -0.39 is 23.7 Å². The Hall–Kier alpha value is -3.39. The van der Waals surface area contributed by atoms with Crippen LogP contribution in [0.3, 0.4) is 0 Å². The topological polar surface area (TPSA) is 114 Å². The average Bonchev–Trinajstić information content (AvgIpc) is 3.12. The normalized spacial score (nSPS) is 13.5. The number of carbonyl (C=O) groups is 3. The fourth-order valence-corrected chi connectivity index (χ4v) is 4.20. The zero-order chi connectivity index (χ0) is 24.7. The van der Waals surface area contributed by atoms with Crippen molar-refractivity contribution in [2.75, 3.05) is 20.3 Å². The molecule has 1 aliphatic carbocycles. The summed E-state index contributed by atoms with van der Waals surface area (Å²) >= 11 is 0. The van der Waals surface area contributed by atoms with Gasteiger partial charge in [-0.05, 0) is 42.5 Å².